The van der Waals surface area contributed by atoms with Crippen LogP contribution in [-0.4, -0.2) is 35.4 Å². The Hall–Kier alpha value is -1.58. The van der Waals surface area contributed by atoms with Gasteiger partial charge in [-0.3, -0.25) is 9.78 Å². The molecule has 0 bridgehead atoms. The summed E-state index contributed by atoms with van der Waals surface area (Å²) in [7, 11) is 0. The van der Waals surface area contributed by atoms with E-state index < -0.39 is 0 Å². The van der Waals surface area contributed by atoms with E-state index >= 15 is 0 Å². The number of aromatic nitrogens is 1. The van der Waals surface area contributed by atoms with Crippen LogP contribution in [0.15, 0.2) is 18.5 Å². The predicted octanol–water partition coefficient (Wildman–Crippen LogP) is 3.02. The van der Waals surface area contributed by atoms with Crippen LogP contribution in [0.25, 0.3) is 0 Å². The summed E-state index contributed by atoms with van der Waals surface area (Å²) in [4.78, 5) is 18.6. The molecule has 1 aromatic heterocycles. The largest absolute Gasteiger partial charge is 0.384 e. The summed E-state index contributed by atoms with van der Waals surface area (Å²) in [5.41, 5.74) is 1.61. The number of piperidine rings is 1. The Morgan fingerprint density at radius 3 is 3.00 bits per heavy atom. The van der Waals surface area contributed by atoms with Crippen LogP contribution in [-0.2, 0) is 0 Å². The molecular weight excluding hydrogens is 250 g/mol. The number of carbonyl (C=O) groups excluding carboxylic acids is 1. The second kappa shape index (κ2) is 6.73. The molecule has 0 radical (unpaired) electrons. The van der Waals surface area contributed by atoms with E-state index in [0.29, 0.717) is 17.4 Å². The summed E-state index contributed by atoms with van der Waals surface area (Å²) < 4.78 is 0. The highest BCUT2D eigenvalue weighted by atomic mass is 16.2. The zero-order chi connectivity index (χ0) is 14.5. The van der Waals surface area contributed by atoms with Crippen molar-refractivity contribution < 1.29 is 4.79 Å². The van der Waals surface area contributed by atoms with Gasteiger partial charge in [0.05, 0.1) is 11.3 Å². The van der Waals surface area contributed by atoms with Crippen LogP contribution in [0.4, 0.5) is 5.69 Å². The number of anilines is 1. The van der Waals surface area contributed by atoms with Gasteiger partial charge in [0.2, 0.25) is 0 Å². The Morgan fingerprint density at radius 2 is 2.30 bits per heavy atom. The number of hydrogen-bond donors (Lipinski definition) is 1. The fraction of sp³-hybridized carbons (Fsp3) is 0.625. The summed E-state index contributed by atoms with van der Waals surface area (Å²) in [6.45, 7) is 9.14. The van der Waals surface area contributed by atoms with E-state index in [0.717, 1.165) is 31.7 Å². The third-order valence-corrected chi connectivity index (χ3v) is 3.64. The van der Waals surface area contributed by atoms with Crippen molar-refractivity contribution in [3.8, 4) is 0 Å². The van der Waals surface area contributed by atoms with E-state index in [1.165, 1.54) is 6.42 Å². The lowest BCUT2D eigenvalue weighted by atomic mass is 10.00. The molecule has 1 aromatic rings. The minimum Gasteiger partial charge on any atom is -0.384 e. The van der Waals surface area contributed by atoms with Gasteiger partial charge in [-0.2, -0.15) is 0 Å². The molecule has 2 heterocycles. The van der Waals surface area contributed by atoms with Crippen LogP contribution in [0, 0.1) is 11.8 Å². The highest BCUT2D eigenvalue weighted by Gasteiger charge is 2.22. The van der Waals surface area contributed by atoms with E-state index in [1.807, 2.05) is 11.0 Å². The average Bonchev–Trinajstić information content (AvgIpc) is 2.44. The molecule has 20 heavy (non-hydrogen) atoms. The monoisotopic (exact) mass is 275 g/mol. The van der Waals surface area contributed by atoms with Gasteiger partial charge in [-0.25, -0.2) is 0 Å². The van der Waals surface area contributed by atoms with Gasteiger partial charge in [0.15, 0.2) is 0 Å². The standard InChI is InChI=1S/C16H25N3O/c1-12(2)8-18-15-7-14(9-17-10-15)16(20)19-6-4-5-13(3)11-19/h7,9-10,12-13,18H,4-6,8,11H2,1-3H3. The molecule has 1 atom stereocenters. The van der Waals surface area contributed by atoms with E-state index in [4.69, 9.17) is 0 Å². The Labute approximate surface area is 121 Å². The molecule has 1 unspecified atom stereocenters. The van der Waals surface area contributed by atoms with Crippen LogP contribution >= 0.6 is 0 Å². The van der Waals surface area contributed by atoms with Crippen molar-refractivity contribution in [2.75, 3.05) is 25.0 Å². The van der Waals surface area contributed by atoms with Crippen LogP contribution in [0.3, 0.4) is 0 Å². The first-order valence-corrected chi connectivity index (χ1v) is 7.54. The summed E-state index contributed by atoms with van der Waals surface area (Å²) in [5.74, 6) is 1.28. The van der Waals surface area contributed by atoms with Crippen LogP contribution in [0.1, 0.15) is 44.0 Å². The lowest BCUT2D eigenvalue weighted by Gasteiger charge is -2.31. The molecule has 1 aliphatic heterocycles. The van der Waals surface area contributed by atoms with Crippen molar-refractivity contribution in [2.24, 2.45) is 11.8 Å². The van der Waals surface area contributed by atoms with Crippen molar-refractivity contribution >= 4 is 11.6 Å². The third kappa shape index (κ3) is 3.95. The van der Waals surface area contributed by atoms with E-state index in [9.17, 15) is 4.79 Å². The number of amides is 1. The molecule has 0 aliphatic carbocycles. The average molecular weight is 275 g/mol. The number of rotatable bonds is 4. The van der Waals surface area contributed by atoms with Crippen molar-refractivity contribution in [1.82, 2.24) is 9.88 Å². The Morgan fingerprint density at radius 1 is 1.50 bits per heavy atom. The normalized spacial score (nSPS) is 19.2. The van der Waals surface area contributed by atoms with Crippen molar-refractivity contribution in [3.63, 3.8) is 0 Å². The fourth-order valence-corrected chi connectivity index (χ4v) is 2.53. The van der Waals surface area contributed by atoms with Crippen molar-refractivity contribution in [2.45, 2.75) is 33.6 Å². The number of nitrogens with zero attached hydrogens (tertiary/aromatic N) is 2. The van der Waals surface area contributed by atoms with Crippen molar-refractivity contribution in [3.05, 3.63) is 24.0 Å². The van der Waals surface area contributed by atoms with Gasteiger partial charge in [0.1, 0.15) is 0 Å². The lowest BCUT2D eigenvalue weighted by molar-refractivity contribution is 0.0682. The van der Waals surface area contributed by atoms with Crippen LogP contribution in [0.5, 0.6) is 0 Å². The molecular formula is C16H25N3O. The van der Waals surface area contributed by atoms with E-state index in [1.54, 1.807) is 12.4 Å². The molecule has 110 valence electrons. The highest BCUT2D eigenvalue weighted by molar-refractivity contribution is 5.94. The van der Waals surface area contributed by atoms with Gasteiger partial charge in [0.25, 0.3) is 5.91 Å². The first-order valence-electron chi connectivity index (χ1n) is 7.54. The van der Waals surface area contributed by atoms with Crippen molar-refractivity contribution in [1.29, 1.82) is 0 Å². The first kappa shape index (κ1) is 14.8. The second-order valence-corrected chi connectivity index (χ2v) is 6.24. The zero-order valence-corrected chi connectivity index (χ0v) is 12.7. The molecule has 4 nitrogen and oxygen atoms in total. The molecule has 0 spiro atoms. The molecule has 2 rings (SSSR count). The lowest BCUT2D eigenvalue weighted by Crippen LogP contribution is -2.39. The molecule has 4 heteroatoms. The Kier molecular flexibility index (Phi) is 4.99. The summed E-state index contributed by atoms with van der Waals surface area (Å²) in [6.07, 6.45) is 5.77. The topological polar surface area (TPSA) is 45.2 Å². The Balaban J connectivity index is 2.04. The third-order valence-electron chi connectivity index (χ3n) is 3.64. The quantitative estimate of drug-likeness (QED) is 0.918. The Bertz CT molecular complexity index is 459. The summed E-state index contributed by atoms with van der Waals surface area (Å²) in [5, 5.41) is 3.32. The van der Waals surface area contributed by atoms with Gasteiger partial charge < -0.3 is 10.2 Å². The SMILES string of the molecule is CC(C)CNc1cncc(C(=O)N2CCCC(C)C2)c1. The van der Waals surface area contributed by atoms with Gasteiger partial charge in [-0.05, 0) is 30.7 Å². The van der Waals surface area contributed by atoms with Crippen LogP contribution in [0.2, 0.25) is 0 Å². The first-order chi connectivity index (χ1) is 9.56. The molecule has 1 N–H and O–H groups in total. The maximum atomic E-state index is 12.5. The smallest absolute Gasteiger partial charge is 0.255 e. The molecule has 1 fully saturated rings. The molecule has 1 amide bonds. The minimum atomic E-state index is 0.109. The molecule has 1 aliphatic rings. The number of hydrogen-bond acceptors (Lipinski definition) is 3. The van der Waals surface area contributed by atoms with Gasteiger partial charge in [-0.1, -0.05) is 20.8 Å². The van der Waals surface area contributed by atoms with Gasteiger partial charge in [0, 0.05) is 32.0 Å². The maximum Gasteiger partial charge on any atom is 0.255 e. The number of nitrogens with one attached hydrogen (secondary N) is 1. The molecule has 0 saturated carbocycles. The molecule has 1 saturated heterocycles. The summed E-state index contributed by atoms with van der Waals surface area (Å²) in [6, 6.07) is 1.91. The predicted molar refractivity (Wildman–Crippen MR) is 81.9 cm³/mol. The number of pyridine rings is 1. The maximum absolute atomic E-state index is 12.5. The highest BCUT2D eigenvalue weighted by Crippen LogP contribution is 2.19. The minimum absolute atomic E-state index is 0.109. The summed E-state index contributed by atoms with van der Waals surface area (Å²) >= 11 is 0. The number of carbonyl (C=O) groups is 1. The van der Waals surface area contributed by atoms with Gasteiger partial charge in [-0.15, -0.1) is 0 Å². The zero-order valence-electron chi connectivity index (χ0n) is 12.7. The van der Waals surface area contributed by atoms with E-state index in [-0.39, 0.29) is 5.91 Å². The fourth-order valence-electron chi connectivity index (χ4n) is 2.53. The van der Waals surface area contributed by atoms with Crippen LogP contribution < -0.4 is 5.32 Å². The number of likely N-dealkylation sites (tertiary alicyclic amines) is 1. The van der Waals surface area contributed by atoms with E-state index in [2.05, 4.69) is 31.1 Å². The second-order valence-electron chi connectivity index (χ2n) is 6.24. The van der Waals surface area contributed by atoms with Gasteiger partial charge >= 0.3 is 0 Å². The molecule has 0 aromatic carbocycles.